The number of nitrogens with zero attached hydrogens (tertiary/aromatic N) is 3. The Morgan fingerprint density at radius 2 is 2.17 bits per heavy atom. The molecule has 5 nitrogen and oxygen atoms in total. The molecule has 0 N–H and O–H groups in total. The van der Waals surface area contributed by atoms with Crippen LogP contribution in [-0.4, -0.2) is 43.9 Å². The molecule has 0 bridgehead atoms. The van der Waals surface area contributed by atoms with Crippen molar-refractivity contribution in [3.05, 3.63) is 11.7 Å². The molecule has 2 aromatic heterocycles. The molecule has 18 heavy (non-hydrogen) atoms. The minimum Gasteiger partial charge on any atom is -0.479 e. The zero-order chi connectivity index (χ0) is 13.1. The number of hydrogen-bond donors (Lipinski definition) is 0. The number of anilines is 1. The number of fused-ring (bicyclic) bond motifs is 1. The van der Waals surface area contributed by atoms with E-state index in [-0.39, 0.29) is 6.10 Å². The smallest absolute Gasteiger partial charge is 0.241 e. The van der Waals surface area contributed by atoms with Gasteiger partial charge in [-0.15, -0.1) is 11.3 Å². The Balaban J connectivity index is 2.36. The Kier molecular flexibility index (Phi) is 3.98. The molecule has 98 valence electrons. The number of thiazole rings is 1. The molecule has 2 rings (SSSR count). The Hall–Kier alpha value is -1.40. The van der Waals surface area contributed by atoms with E-state index in [0.29, 0.717) is 5.88 Å². The molecule has 0 aromatic carbocycles. The van der Waals surface area contributed by atoms with E-state index >= 15 is 0 Å². The quantitative estimate of drug-likeness (QED) is 0.831. The van der Waals surface area contributed by atoms with Crippen LogP contribution in [0.1, 0.15) is 6.92 Å². The van der Waals surface area contributed by atoms with Gasteiger partial charge in [0.15, 0.2) is 0 Å². The second-order valence-electron chi connectivity index (χ2n) is 4.11. The van der Waals surface area contributed by atoms with Gasteiger partial charge in [-0.1, -0.05) is 0 Å². The monoisotopic (exact) mass is 267 g/mol. The second-order valence-corrected chi connectivity index (χ2v) is 4.96. The van der Waals surface area contributed by atoms with Gasteiger partial charge in [0.05, 0.1) is 35.3 Å². The molecule has 0 aliphatic rings. The van der Waals surface area contributed by atoms with Crippen molar-refractivity contribution in [2.24, 2.45) is 0 Å². The van der Waals surface area contributed by atoms with Gasteiger partial charge in [0, 0.05) is 20.7 Å². The van der Waals surface area contributed by atoms with E-state index in [9.17, 15) is 0 Å². The molecule has 1 atom stereocenters. The summed E-state index contributed by atoms with van der Waals surface area (Å²) in [6, 6.07) is 0. The minimum atomic E-state index is 0.167. The Morgan fingerprint density at radius 1 is 1.39 bits per heavy atom. The number of ether oxygens (including phenoxy) is 2. The average Bonchev–Trinajstić information content (AvgIpc) is 2.86. The first-order valence-corrected chi connectivity index (χ1v) is 6.55. The van der Waals surface area contributed by atoms with Crippen LogP contribution in [0.4, 0.5) is 5.69 Å². The van der Waals surface area contributed by atoms with Gasteiger partial charge in [-0.05, 0) is 6.92 Å². The lowest BCUT2D eigenvalue weighted by Crippen LogP contribution is -2.28. The summed E-state index contributed by atoms with van der Waals surface area (Å²) >= 11 is 1.59. The van der Waals surface area contributed by atoms with Crippen LogP contribution in [0.25, 0.3) is 10.2 Å². The number of methoxy groups -OCH3 is 2. The van der Waals surface area contributed by atoms with Crippen molar-refractivity contribution in [1.82, 2.24) is 9.97 Å². The third kappa shape index (κ3) is 2.39. The van der Waals surface area contributed by atoms with Crippen LogP contribution in [0.15, 0.2) is 11.7 Å². The van der Waals surface area contributed by atoms with Gasteiger partial charge in [-0.2, -0.15) is 0 Å². The van der Waals surface area contributed by atoms with Crippen LogP contribution < -0.4 is 9.64 Å². The van der Waals surface area contributed by atoms with E-state index in [1.54, 1.807) is 25.6 Å². The van der Waals surface area contributed by atoms with Gasteiger partial charge >= 0.3 is 0 Å². The van der Waals surface area contributed by atoms with Crippen LogP contribution in [0.3, 0.4) is 0 Å². The molecule has 0 saturated heterocycles. The van der Waals surface area contributed by atoms with Crippen LogP contribution in [0.2, 0.25) is 0 Å². The summed E-state index contributed by atoms with van der Waals surface area (Å²) in [5.74, 6) is 0.572. The van der Waals surface area contributed by atoms with Crippen molar-refractivity contribution in [2.45, 2.75) is 13.0 Å². The van der Waals surface area contributed by atoms with E-state index in [0.717, 1.165) is 22.4 Å². The molecular formula is C12H17N3O2S. The maximum atomic E-state index is 5.28. The number of pyridine rings is 1. The summed E-state index contributed by atoms with van der Waals surface area (Å²) in [6.07, 6.45) is 1.99. The Morgan fingerprint density at radius 3 is 2.83 bits per heavy atom. The fourth-order valence-electron chi connectivity index (χ4n) is 1.80. The number of likely N-dealkylation sites (N-methyl/N-ethyl adjacent to an activating group) is 1. The molecule has 6 heteroatoms. The van der Waals surface area contributed by atoms with Gasteiger partial charge in [0.2, 0.25) is 5.88 Å². The molecule has 2 aromatic rings. The molecule has 1 unspecified atom stereocenters. The Bertz CT molecular complexity index is 529. The van der Waals surface area contributed by atoms with Crippen molar-refractivity contribution in [2.75, 3.05) is 32.7 Å². The highest BCUT2D eigenvalue weighted by atomic mass is 32.1. The van der Waals surface area contributed by atoms with E-state index in [2.05, 4.69) is 14.9 Å². The van der Waals surface area contributed by atoms with Crippen LogP contribution in [0.5, 0.6) is 5.88 Å². The molecule has 0 amide bonds. The molecular weight excluding hydrogens is 250 g/mol. The highest BCUT2D eigenvalue weighted by Gasteiger charge is 2.15. The van der Waals surface area contributed by atoms with E-state index in [1.807, 2.05) is 25.7 Å². The summed E-state index contributed by atoms with van der Waals surface area (Å²) < 4.78 is 11.6. The summed E-state index contributed by atoms with van der Waals surface area (Å²) in [5.41, 5.74) is 3.68. The second kappa shape index (κ2) is 5.49. The minimum absolute atomic E-state index is 0.167. The lowest BCUT2D eigenvalue weighted by Gasteiger charge is -2.22. The fraction of sp³-hybridized carbons (Fsp3) is 0.500. The van der Waals surface area contributed by atoms with Crippen molar-refractivity contribution in [3.63, 3.8) is 0 Å². The third-order valence-corrected chi connectivity index (χ3v) is 3.69. The van der Waals surface area contributed by atoms with E-state index in [1.165, 1.54) is 0 Å². The summed E-state index contributed by atoms with van der Waals surface area (Å²) in [5, 5.41) is 0. The first kappa shape index (κ1) is 13.0. The van der Waals surface area contributed by atoms with Gasteiger partial charge in [0.25, 0.3) is 0 Å². The van der Waals surface area contributed by atoms with Gasteiger partial charge < -0.3 is 14.4 Å². The standard InChI is InChI=1S/C12H17N3O2S/c1-8(16-3)6-15(2)9-5-13-12(17-4)10-11(9)18-7-14-10/h5,7-8H,6H2,1-4H3. The van der Waals surface area contributed by atoms with Crippen molar-refractivity contribution >= 4 is 27.2 Å². The van der Waals surface area contributed by atoms with Gasteiger partial charge in [0.1, 0.15) is 5.52 Å². The van der Waals surface area contributed by atoms with E-state index in [4.69, 9.17) is 9.47 Å². The summed E-state index contributed by atoms with van der Waals surface area (Å²) in [7, 11) is 5.35. The SMILES string of the molecule is COc1ncc(N(C)CC(C)OC)c2scnc12. The van der Waals surface area contributed by atoms with Crippen molar-refractivity contribution in [3.8, 4) is 5.88 Å². The zero-order valence-corrected chi connectivity index (χ0v) is 11.8. The average molecular weight is 267 g/mol. The normalized spacial score (nSPS) is 12.7. The molecule has 0 spiro atoms. The predicted molar refractivity (Wildman–Crippen MR) is 73.7 cm³/mol. The predicted octanol–water partition coefficient (Wildman–Crippen LogP) is 2.17. The molecule has 0 saturated carbocycles. The highest BCUT2D eigenvalue weighted by Crippen LogP contribution is 2.33. The largest absolute Gasteiger partial charge is 0.479 e. The highest BCUT2D eigenvalue weighted by molar-refractivity contribution is 7.17. The molecule has 2 heterocycles. The van der Waals surface area contributed by atoms with Crippen LogP contribution >= 0.6 is 11.3 Å². The van der Waals surface area contributed by atoms with Crippen LogP contribution in [0, 0.1) is 0 Å². The summed E-state index contributed by atoms with van der Waals surface area (Å²) in [6.45, 7) is 2.84. The number of aromatic nitrogens is 2. The lowest BCUT2D eigenvalue weighted by molar-refractivity contribution is 0.124. The van der Waals surface area contributed by atoms with Crippen LogP contribution in [-0.2, 0) is 4.74 Å². The number of hydrogen-bond acceptors (Lipinski definition) is 6. The number of rotatable bonds is 5. The third-order valence-electron chi connectivity index (χ3n) is 2.84. The zero-order valence-electron chi connectivity index (χ0n) is 11.0. The lowest BCUT2D eigenvalue weighted by atomic mass is 10.3. The molecule has 0 aliphatic heterocycles. The topological polar surface area (TPSA) is 47.5 Å². The summed E-state index contributed by atoms with van der Waals surface area (Å²) in [4.78, 5) is 10.7. The van der Waals surface area contributed by atoms with Gasteiger partial charge in [-0.3, -0.25) is 0 Å². The molecule has 0 aliphatic carbocycles. The maximum absolute atomic E-state index is 5.28. The molecule has 0 radical (unpaired) electrons. The van der Waals surface area contributed by atoms with Crippen molar-refractivity contribution < 1.29 is 9.47 Å². The van der Waals surface area contributed by atoms with Crippen molar-refractivity contribution in [1.29, 1.82) is 0 Å². The Labute approximate surface area is 110 Å². The van der Waals surface area contributed by atoms with Gasteiger partial charge in [-0.25, -0.2) is 9.97 Å². The van der Waals surface area contributed by atoms with E-state index < -0.39 is 0 Å². The maximum Gasteiger partial charge on any atom is 0.241 e. The molecule has 0 fully saturated rings. The first-order valence-electron chi connectivity index (χ1n) is 5.67. The first-order chi connectivity index (χ1) is 8.67. The fourth-order valence-corrected chi connectivity index (χ4v) is 2.64.